The van der Waals surface area contributed by atoms with Crippen LogP contribution >= 0.6 is 11.6 Å². The van der Waals surface area contributed by atoms with Crippen molar-refractivity contribution in [1.82, 2.24) is 10.6 Å². The van der Waals surface area contributed by atoms with Crippen molar-refractivity contribution >= 4 is 17.6 Å². The van der Waals surface area contributed by atoms with Gasteiger partial charge in [-0.25, -0.2) is 4.79 Å². The Bertz CT molecular complexity index is 652. The van der Waals surface area contributed by atoms with Gasteiger partial charge in [0.15, 0.2) is 0 Å². The maximum Gasteiger partial charge on any atom is 0.315 e. The maximum absolute atomic E-state index is 12.1. The lowest BCUT2D eigenvalue weighted by molar-refractivity contribution is 0.229. The van der Waals surface area contributed by atoms with Gasteiger partial charge in [-0.15, -0.1) is 0 Å². The molecule has 2 N–H and O–H groups in total. The summed E-state index contributed by atoms with van der Waals surface area (Å²) in [5.74, 6) is 0.794. The summed E-state index contributed by atoms with van der Waals surface area (Å²) in [6.45, 7) is 4.35. The van der Waals surface area contributed by atoms with Crippen molar-refractivity contribution in [2.45, 2.75) is 25.9 Å². The molecule has 0 saturated heterocycles. The molecule has 2 rings (SSSR count). The molecule has 122 valence electrons. The van der Waals surface area contributed by atoms with Crippen molar-refractivity contribution < 1.29 is 9.53 Å². The van der Waals surface area contributed by atoms with Gasteiger partial charge in [-0.2, -0.15) is 0 Å². The number of nitrogens with one attached hydrogen (secondary N) is 2. The Hall–Kier alpha value is -2.20. The molecule has 2 amide bonds. The molecular weight excluding hydrogens is 312 g/mol. The summed E-state index contributed by atoms with van der Waals surface area (Å²) < 4.78 is 5.11. The zero-order chi connectivity index (χ0) is 16.9. The molecule has 5 heteroatoms. The summed E-state index contributed by atoms with van der Waals surface area (Å²) in [7, 11) is 1.62. The Kier molecular flexibility index (Phi) is 5.50. The summed E-state index contributed by atoms with van der Waals surface area (Å²) in [5, 5.41) is 6.50. The smallest absolute Gasteiger partial charge is 0.315 e. The van der Waals surface area contributed by atoms with Crippen LogP contribution in [0.1, 0.15) is 25.0 Å². The largest absolute Gasteiger partial charge is 0.497 e. The highest BCUT2D eigenvalue weighted by atomic mass is 35.5. The Morgan fingerprint density at radius 1 is 1.09 bits per heavy atom. The zero-order valence-electron chi connectivity index (χ0n) is 13.5. The first-order valence-electron chi connectivity index (χ1n) is 7.36. The van der Waals surface area contributed by atoms with Gasteiger partial charge < -0.3 is 15.4 Å². The van der Waals surface area contributed by atoms with E-state index in [-0.39, 0.29) is 6.03 Å². The Morgan fingerprint density at radius 3 is 2.26 bits per heavy atom. The number of benzene rings is 2. The molecule has 2 aromatic carbocycles. The van der Waals surface area contributed by atoms with Crippen molar-refractivity contribution in [3.63, 3.8) is 0 Å². The van der Waals surface area contributed by atoms with E-state index >= 15 is 0 Å². The van der Waals surface area contributed by atoms with Crippen LogP contribution < -0.4 is 15.4 Å². The third kappa shape index (κ3) is 4.89. The molecular formula is C18H21ClN2O2. The van der Waals surface area contributed by atoms with E-state index < -0.39 is 5.54 Å². The van der Waals surface area contributed by atoms with E-state index in [2.05, 4.69) is 10.6 Å². The van der Waals surface area contributed by atoms with Gasteiger partial charge in [0.1, 0.15) is 5.75 Å². The van der Waals surface area contributed by atoms with Crippen LogP contribution in [-0.4, -0.2) is 13.1 Å². The highest BCUT2D eigenvalue weighted by Gasteiger charge is 2.22. The Labute approximate surface area is 141 Å². The fourth-order valence-corrected chi connectivity index (χ4v) is 2.32. The first-order chi connectivity index (χ1) is 10.9. The lowest BCUT2D eigenvalue weighted by Gasteiger charge is -2.27. The maximum atomic E-state index is 12.1. The van der Waals surface area contributed by atoms with Gasteiger partial charge in [-0.05, 0) is 49.2 Å². The minimum absolute atomic E-state index is 0.222. The van der Waals surface area contributed by atoms with Gasteiger partial charge in [0.2, 0.25) is 0 Å². The molecule has 0 aromatic heterocycles. The van der Waals surface area contributed by atoms with Crippen LogP contribution in [0.25, 0.3) is 0 Å². The minimum atomic E-state index is -0.491. The lowest BCUT2D eigenvalue weighted by Crippen LogP contribution is -2.46. The van der Waals surface area contributed by atoms with E-state index in [0.717, 1.165) is 16.9 Å². The van der Waals surface area contributed by atoms with E-state index in [1.165, 1.54) is 0 Å². The van der Waals surface area contributed by atoms with E-state index in [1.54, 1.807) is 7.11 Å². The quantitative estimate of drug-likeness (QED) is 0.866. The number of ether oxygens (including phenoxy) is 1. The van der Waals surface area contributed by atoms with Crippen LogP contribution in [0.2, 0.25) is 5.02 Å². The van der Waals surface area contributed by atoms with E-state index in [0.29, 0.717) is 11.6 Å². The number of carbonyl (C=O) groups excluding carboxylic acids is 1. The average Bonchev–Trinajstić information content (AvgIpc) is 2.53. The van der Waals surface area contributed by atoms with E-state index in [4.69, 9.17) is 16.3 Å². The van der Waals surface area contributed by atoms with Crippen molar-refractivity contribution in [2.24, 2.45) is 0 Å². The molecule has 0 fully saturated rings. The second-order valence-corrected chi connectivity index (χ2v) is 6.22. The van der Waals surface area contributed by atoms with Gasteiger partial charge in [-0.3, -0.25) is 0 Å². The van der Waals surface area contributed by atoms with Gasteiger partial charge in [0, 0.05) is 11.6 Å². The Morgan fingerprint density at radius 2 is 1.70 bits per heavy atom. The fourth-order valence-electron chi connectivity index (χ4n) is 2.19. The number of hydrogen-bond donors (Lipinski definition) is 2. The summed E-state index contributed by atoms with van der Waals surface area (Å²) >= 11 is 5.90. The number of methoxy groups -OCH3 is 1. The topological polar surface area (TPSA) is 50.4 Å². The van der Waals surface area contributed by atoms with Crippen LogP contribution in [0.15, 0.2) is 48.5 Å². The van der Waals surface area contributed by atoms with E-state index in [9.17, 15) is 4.79 Å². The molecule has 0 saturated carbocycles. The van der Waals surface area contributed by atoms with Gasteiger partial charge >= 0.3 is 6.03 Å². The van der Waals surface area contributed by atoms with Crippen LogP contribution in [0, 0.1) is 0 Å². The van der Waals surface area contributed by atoms with Crippen LogP contribution in [0.4, 0.5) is 4.79 Å². The zero-order valence-corrected chi connectivity index (χ0v) is 14.3. The molecule has 0 spiro atoms. The van der Waals surface area contributed by atoms with Gasteiger partial charge in [-0.1, -0.05) is 35.9 Å². The second kappa shape index (κ2) is 7.38. The van der Waals surface area contributed by atoms with Crippen molar-refractivity contribution in [2.75, 3.05) is 7.11 Å². The first kappa shape index (κ1) is 17.2. The van der Waals surface area contributed by atoms with Crippen LogP contribution in [-0.2, 0) is 12.1 Å². The highest BCUT2D eigenvalue weighted by Crippen LogP contribution is 2.21. The molecule has 0 unspecified atom stereocenters. The predicted molar refractivity (Wildman–Crippen MR) is 92.8 cm³/mol. The number of hydrogen-bond acceptors (Lipinski definition) is 2. The molecule has 0 radical (unpaired) electrons. The second-order valence-electron chi connectivity index (χ2n) is 5.79. The van der Waals surface area contributed by atoms with Crippen molar-refractivity contribution in [3.8, 4) is 5.75 Å². The number of rotatable bonds is 5. The molecule has 4 nitrogen and oxygen atoms in total. The molecule has 0 aliphatic heterocycles. The Balaban J connectivity index is 1.91. The van der Waals surface area contributed by atoms with Gasteiger partial charge in [0.05, 0.1) is 12.6 Å². The summed E-state index contributed by atoms with van der Waals surface area (Å²) in [5.41, 5.74) is 1.50. The summed E-state index contributed by atoms with van der Waals surface area (Å²) in [6.07, 6.45) is 0. The number of urea groups is 1. The van der Waals surface area contributed by atoms with E-state index in [1.807, 2.05) is 62.4 Å². The SMILES string of the molecule is COc1ccc(CNC(=O)NC(C)(C)c2ccc(Cl)cc2)cc1. The normalized spacial score (nSPS) is 11.0. The number of amides is 2. The fraction of sp³-hybridized carbons (Fsp3) is 0.278. The molecule has 23 heavy (non-hydrogen) atoms. The lowest BCUT2D eigenvalue weighted by atomic mass is 9.94. The highest BCUT2D eigenvalue weighted by molar-refractivity contribution is 6.30. The molecule has 0 bridgehead atoms. The molecule has 0 atom stereocenters. The average molecular weight is 333 g/mol. The van der Waals surface area contributed by atoms with Crippen molar-refractivity contribution in [1.29, 1.82) is 0 Å². The molecule has 0 aliphatic carbocycles. The summed E-state index contributed by atoms with van der Waals surface area (Å²) in [6, 6.07) is 14.8. The molecule has 2 aromatic rings. The van der Waals surface area contributed by atoms with Crippen LogP contribution in [0.3, 0.4) is 0 Å². The minimum Gasteiger partial charge on any atom is -0.497 e. The van der Waals surface area contributed by atoms with Crippen LogP contribution in [0.5, 0.6) is 5.75 Å². The standard InChI is InChI=1S/C18H21ClN2O2/c1-18(2,14-6-8-15(19)9-7-14)21-17(22)20-12-13-4-10-16(23-3)11-5-13/h4-11H,12H2,1-3H3,(H2,20,21,22). The number of halogens is 1. The number of carbonyl (C=O) groups is 1. The monoisotopic (exact) mass is 332 g/mol. The van der Waals surface area contributed by atoms with Gasteiger partial charge in [0.25, 0.3) is 0 Å². The third-order valence-electron chi connectivity index (χ3n) is 3.60. The summed E-state index contributed by atoms with van der Waals surface area (Å²) in [4.78, 5) is 12.1. The third-order valence-corrected chi connectivity index (χ3v) is 3.86. The molecule has 0 aliphatic rings. The van der Waals surface area contributed by atoms with Crippen molar-refractivity contribution in [3.05, 3.63) is 64.7 Å². The first-order valence-corrected chi connectivity index (χ1v) is 7.73. The molecule has 0 heterocycles. The predicted octanol–water partition coefficient (Wildman–Crippen LogP) is 4.08.